The van der Waals surface area contributed by atoms with Gasteiger partial charge >= 0.3 is 0 Å². The number of imidazole rings is 1. The molecular weight excluding hydrogens is 186 g/mol. The van der Waals surface area contributed by atoms with Crippen molar-refractivity contribution in [3.05, 3.63) is 30.4 Å². The molecule has 0 fully saturated rings. The number of nitrogens with one attached hydrogen (secondary N) is 1. The largest absolute Gasteiger partial charge is 0.331 e. The third-order valence-electron chi connectivity index (χ3n) is 2.27. The Hall–Kier alpha value is -1.09. The van der Waals surface area contributed by atoms with Crippen molar-refractivity contribution >= 4 is 0 Å². The fourth-order valence-corrected chi connectivity index (χ4v) is 1.44. The van der Waals surface area contributed by atoms with E-state index < -0.39 is 0 Å². The molecule has 0 saturated heterocycles. The Bertz CT molecular complexity index is 312. The van der Waals surface area contributed by atoms with Crippen molar-refractivity contribution in [2.45, 2.75) is 39.8 Å². The number of aryl methyl sites for hydroxylation is 1. The highest BCUT2D eigenvalue weighted by Crippen LogP contribution is 2.02. The third-order valence-corrected chi connectivity index (χ3v) is 2.27. The van der Waals surface area contributed by atoms with Crippen LogP contribution in [0.1, 0.15) is 26.6 Å². The van der Waals surface area contributed by atoms with Gasteiger partial charge in [-0.15, -0.1) is 0 Å². The lowest BCUT2D eigenvalue weighted by Crippen LogP contribution is -2.26. The molecule has 3 nitrogen and oxygen atoms in total. The van der Waals surface area contributed by atoms with Gasteiger partial charge in [-0.05, 0) is 5.57 Å². The van der Waals surface area contributed by atoms with Crippen LogP contribution in [0.3, 0.4) is 0 Å². The molecule has 0 unspecified atom stereocenters. The van der Waals surface area contributed by atoms with Gasteiger partial charge in [-0.25, -0.2) is 4.98 Å². The molecule has 0 aliphatic heterocycles. The molecule has 15 heavy (non-hydrogen) atoms. The van der Waals surface area contributed by atoms with Crippen LogP contribution in [0.5, 0.6) is 0 Å². The lowest BCUT2D eigenvalue weighted by atomic mass is 10.2. The van der Waals surface area contributed by atoms with Gasteiger partial charge in [0.25, 0.3) is 0 Å². The molecule has 1 N–H and O–H groups in total. The zero-order chi connectivity index (χ0) is 11.3. The van der Waals surface area contributed by atoms with Crippen LogP contribution in [0.15, 0.2) is 24.5 Å². The molecule has 0 saturated carbocycles. The zero-order valence-corrected chi connectivity index (χ0v) is 9.95. The molecule has 0 bridgehead atoms. The Balaban J connectivity index is 2.44. The minimum atomic E-state index is 0.509. The van der Waals surface area contributed by atoms with Crippen molar-refractivity contribution in [3.8, 4) is 0 Å². The summed E-state index contributed by atoms with van der Waals surface area (Å²) in [6, 6.07) is 0.509. The Morgan fingerprint density at radius 1 is 1.60 bits per heavy atom. The standard InChI is InChI=1S/C12H21N3/c1-5-12-13-6-7-15(12)9-11(4)8-14-10(2)3/h6-7,10,14H,4-5,8-9H2,1-3H3. The predicted molar refractivity (Wildman–Crippen MR) is 63.9 cm³/mol. The van der Waals surface area contributed by atoms with Crippen LogP contribution < -0.4 is 5.32 Å². The highest BCUT2D eigenvalue weighted by molar-refractivity contribution is 5.02. The average Bonchev–Trinajstić information content (AvgIpc) is 2.62. The first kappa shape index (κ1) is 12.0. The minimum Gasteiger partial charge on any atom is -0.331 e. The predicted octanol–water partition coefficient (Wildman–Crippen LogP) is 2.00. The van der Waals surface area contributed by atoms with Crippen molar-refractivity contribution in [3.63, 3.8) is 0 Å². The second kappa shape index (κ2) is 5.71. The van der Waals surface area contributed by atoms with E-state index in [0.717, 1.165) is 25.3 Å². The highest BCUT2D eigenvalue weighted by atomic mass is 15.1. The number of hydrogen-bond acceptors (Lipinski definition) is 2. The lowest BCUT2D eigenvalue weighted by molar-refractivity contribution is 0.598. The Morgan fingerprint density at radius 2 is 2.33 bits per heavy atom. The van der Waals surface area contributed by atoms with Crippen LogP contribution in [-0.4, -0.2) is 22.1 Å². The van der Waals surface area contributed by atoms with E-state index in [4.69, 9.17) is 0 Å². The lowest BCUT2D eigenvalue weighted by Gasteiger charge is -2.12. The monoisotopic (exact) mass is 207 g/mol. The minimum absolute atomic E-state index is 0.509. The molecular formula is C12H21N3. The number of aromatic nitrogens is 2. The number of hydrogen-bond donors (Lipinski definition) is 1. The second-order valence-electron chi connectivity index (χ2n) is 4.11. The van der Waals surface area contributed by atoms with Gasteiger partial charge in [0, 0.05) is 37.9 Å². The summed E-state index contributed by atoms with van der Waals surface area (Å²) in [6.07, 6.45) is 4.83. The Labute approximate surface area is 92.2 Å². The molecule has 3 heteroatoms. The van der Waals surface area contributed by atoms with Crippen LogP contribution in [0.2, 0.25) is 0 Å². The van der Waals surface area contributed by atoms with Crippen LogP contribution in [-0.2, 0) is 13.0 Å². The molecule has 0 amide bonds. The molecule has 1 heterocycles. The van der Waals surface area contributed by atoms with Gasteiger partial charge in [0.05, 0.1) is 0 Å². The summed E-state index contributed by atoms with van der Waals surface area (Å²) in [5.41, 5.74) is 1.19. The first-order chi connectivity index (χ1) is 7.13. The summed E-state index contributed by atoms with van der Waals surface area (Å²) in [4.78, 5) is 4.28. The highest BCUT2D eigenvalue weighted by Gasteiger charge is 2.02. The van der Waals surface area contributed by atoms with Crippen molar-refractivity contribution in [1.82, 2.24) is 14.9 Å². The average molecular weight is 207 g/mol. The van der Waals surface area contributed by atoms with Crippen molar-refractivity contribution in [2.24, 2.45) is 0 Å². The molecule has 0 aromatic carbocycles. The summed E-state index contributed by atoms with van der Waals surface area (Å²) in [5, 5.41) is 3.36. The van der Waals surface area contributed by atoms with E-state index >= 15 is 0 Å². The summed E-state index contributed by atoms with van der Waals surface area (Å²) >= 11 is 0. The van der Waals surface area contributed by atoms with E-state index in [1.165, 1.54) is 5.57 Å². The van der Waals surface area contributed by atoms with E-state index in [-0.39, 0.29) is 0 Å². The molecule has 0 atom stereocenters. The SMILES string of the molecule is C=C(CNC(C)C)Cn1ccnc1CC. The van der Waals surface area contributed by atoms with Crippen molar-refractivity contribution in [1.29, 1.82) is 0 Å². The summed E-state index contributed by atoms with van der Waals surface area (Å²) in [7, 11) is 0. The van der Waals surface area contributed by atoms with Gasteiger partial charge < -0.3 is 9.88 Å². The van der Waals surface area contributed by atoms with Crippen LogP contribution in [0, 0.1) is 0 Å². The van der Waals surface area contributed by atoms with Gasteiger partial charge in [-0.1, -0.05) is 27.4 Å². The van der Waals surface area contributed by atoms with Gasteiger partial charge in [-0.3, -0.25) is 0 Å². The maximum atomic E-state index is 4.28. The van der Waals surface area contributed by atoms with Crippen molar-refractivity contribution in [2.75, 3.05) is 6.54 Å². The molecule has 0 aliphatic carbocycles. The summed E-state index contributed by atoms with van der Waals surface area (Å²) in [5.74, 6) is 1.13. The summed E-state index contributed by atoms with van der Waals surface area (Å²) in [6.45, 7) is 12.2. The molecule has 0 spiro atoms. The first-order valence-electron chi connectivity index (χ1n) is 5.53. The smallest absolute Gasteiger partial charge is 0.108 e. The molecule has 1 rings (SSSR count). The van der Waals surface area contributed by atoms with Crippen LogP contribution in [0.25, 0.3) is 0 Å². The Kier molecular flexibility index (Phi) is 4.56. The molecule has 0 aliphatic rings. The third kappa shape index (κ3) is 3.88. The number of rotatable bonds is 6. The van der Waals surface area contributed by atoms with Crippen LogP contribution >= 0.6 is 0 Å². The topological polar surface area (TPSA) is 29.9 Å². The second-order valence-corrected chi connectivity index (χ2v) is 4.11. The molecule has 0 radical (unpaired) electrons. The fourth-order valence-electron chi connectivity index (χ4n) is 1.44. The molecule has 1 aromatic heterocycles. The summed E-state index contributed by atoms with van der Waals surface area (Å²) < 4.78 is 2.16. The van der Waals surface area contributed by atoms with Gasteiger partial charge in [0.1, 0.15) is 5.82 Å². The maximum absolute atomic E-state index is 4.28. The van der Waals surface area contributed by atoms with E-state index in [1.54, 1.807) is 0 Å². The van der Waals surface area contributed by atoms with E-state index in [9.17, 15) is 0 Å². The van der Waals surface area contributed by atoms with Gasteiger partial charge in [0.2, 0.25) is 0 Å². The number of nitrogens with zero attached hydrogens (tertiary/aromatic N) is 2. The van der Waals surface area contributed by atoms with Crippen LogP contribution in [0.4, 0.5) is 0 Å². The maximum Gasteiger partial charge on any atom is 0.108 e. The first-order valence-corrected chi connectivity index (χ1v) is 5.53. The fraction of sp³-hybridized carbons (Fsp3) is 0.583. The quantitative estimate of drug-likeness (QED) is 0.723. The molecule has 84 valence electrons. The van der Waals surface area contributed by atoms with Gasteiger partial charge in [-0.2, -0.15) is 0 Å². The normalized spacial score (nSPS) is 10.9. The Morgan fingerprint density at radius 3 is 2.93 bits per heavy atom. The van der Waals surface area contributed by atoms with Gasteiger partial charge in [0.15, 0.2) is 0 Å². The van der Waals surface area contributed by atoms with E-state index in [1.807, 2.05) is 12.4 Å². The molecule has 1 aromatic rings. The zero-order valence-electron chi connectivity index (χ0n) is 9.95. The van der Waals surface area contributed by atoms with E-state index in [2.05, 4.69) is 42.2 Å². The van der Waals surface area contributed by atoms with Crippen molar-refractivity contribution < 1.29 is 0 Å². The van der Waals surface area contributed by atoms with E-state index in [0.29, 0.717) is 6.04 Å².